The summed E-state index contributed by atoms with van der Waals surface area (Å²) in [6, 6.07) is -0.633. The number of rotatable bonds is 5. The summed E-state index contributed by atoms with van der Waals surface area (Å²) >= 11 is 0. The average Bonchev–Trinajstić information content (AvgIpc) is 1.84. The van der Waals surface area contributed by atoms with Gasteiger partial charge in [0.05, 0.1) is 6.42 Å². The second kappa shape index (κ2) is 5.11. The van der Waals surface area contributed by atoms with Gasteiger partial charge in [-0.3, -0.25) is 4.79 Å². The van der Waals surface area contributed by atoms with Crippen LogP contribution in [0.1, 0.15) is 26.7 Å². The van der Waals surface area contributed by atoms with Crippen LogP contribution in [0.2, 0.25) is 0 Å². The minimum atomic E-state index is -0.887. The van der Waals surface area contributed by atoms with E-state index in [4.69, 9.17) is 16.6 Å². The van der Waals surface area contributed by atoms with Crippen molar-refractivity contribution in [2.75, 3.05) is 0 Å². The Labute approximate surface area is 72.9 Å². The van der Waals surface area contributed by atoms with E-state index in [1.165, 1.54) is 0 Å². The highest BCUT2D eigenvalue weighted by molar-refractivity contribution is 5.67. The molecule has 0 spiro atoms. The maximum atomic E-state index is 10.3. The van der Waals surface area contributed by atoms with Crippen molar-refractivity contribution in [1.29, 1.82) is 0 Å². The van der Waals surface area contributed by atoms with E-state index in [1.54, 1.807) is 0 Å². The molecule has 4 nitrogen and oxygen atoms in total. The van der Waals surface area contributed by atoms with E-state index in [9.17, 15) is 4.79 Å². The molecule has 0 radical (unpaired) electrons. The van der Waals surface area contributed by atoms with Crippen LogP contribution in [-0.2, 0) is 4.79 Å². The molecule has 0 rings (SSSR count). The van der Waals surface area contributed by atoms with Gasteiger partial charge in [-0.15, -0.1) is 0 Å². The molecule has 0 bridgehead atoms. The second-order valence-corrected chi connectivity index (χ2v) is 3.56. The Morgan fingerprint density at radius 3 is 2.17 bits per heavy atom. The number of carbonyl (C=O) groups is 1. The van der Waals surface area contributed by atoms with Crippen molar-refractivity contribution in [2.45, 2.75) is 38.8 Å². The molecule has 2 atom stereocenters. The highest BCUT2D eigenvalue weighted by Crippen LogP contribution is 2.06. The van der Waals surface area contributed by atoms with Crippen molar-refractivity contribution in [2.24, 2.45) is 17.4 Å². The zero-order valence-corrected chi connectivity index (χ0v) is 7.66. The van der Waals surface area contributed by atoms with Gasteiger partial charge in [0, 0.05) is 12.1 Å². The van der Waals surface area contributed by atoms with E-state index in [2.05, 4.69) is 0 Å². The summed E-state index contributed by atoms with van der Waals surface area (Å²) in [6.45, 7) is 4.07. The molecule has 0 aromatic rings. The van der Waals surface area contributed by atoms with Crippen LogP contribution >= 0.6 is 0 Å². The molecule has 0 aromatic carbocycles. The van der Waals surface area contributed by atoms with E-state index in [0.717, 1.165) is 6.42 Å². The summed E-state index contributed by atoms with van der Waals surface area (Å²) in [6.07, 6.45) is 0.725. The Morgan fingerprint density at radius 1 is 1.33 bits per heavy atom. The van der Waals surface area contributed by atoms with Crippen molar-refractivity contribution in [3.05, 3.63) is 0 Å². The molecule has 0 saturated carbocycles. The lowest BCUT2D eigenvalue weighted by molar-refractivity contribution is -0.137. The smallest absolute Gasteiger partial charge is 0.304 e. The van der Waals surface area contributed by atoms with E-state index in [0.29, 0.717) is 5.92 Å². The van der Waals surface area contributed by atoms with E-state index < -0.39 is 12.0 Å². The van der Waals surface area contributed by atoms with Crippen LogP contribution in [-0.4, -0.2) is 23.2 Å². The summed E-state index contributed by atoms with van der Waals surface area (Å²) in [7, 11) is 0. The predicted molar refractivity (Wildman–Crippen MR) is 47.7 cm³/mol. The van der Waals surface area contributed by atoms with Crippen LogP contribution in [0.3, 0.4) is 0 Å². The molecule has 4 heteroatoms. The summed E-state index contributed by atoms with van der Waals surface area (Å²) in [4.78, 5) is 10.3. The van der Waals surface area contributed by atoms with Crippen molar-refractivity contribution < 1.29 is 9.90 Å². The minimum Gasteiger partial charge on any atom is -0.481 e. The molecule has 12 heavy (non-hydrogen) atoms. The Kier molecular flexibility index (Phi) is 4.85. The molecule has 0 aliphatic heterocycles. The average molecular weight is 174 g/mol. The third-order valence-electron chi connectivity index (χ3n) is 1.70. The lowest BCUT2D eigenvalue weighted by atomic mass is 9.97. The van der Waals surface area contributed by atoms with Gasteiger partial charge in [-0.25, -0.2) is 0 Å². The lowest BCUT2D eigenvalue weighted by Crippen LogP contribution is -2.43. The van der Waals surface area contributed by atoms with Gasteiger partial charge in [0.15, 0.2) is 0 Å². The van der Waals surface area contributed by atoms with Gasteiger partial charge in [0.25, 0.3) is 0 Å². The van der Waals surface area contributed by atoms with Gasteiger partial charge in [0.2, 0.25) is 0 Å². The number of hydrogen-bond acceptors (Lipinski definition) is 3. The topological polar surface area (TPSA) is 89.3 Å². The Hall–Kier alpha value is -0.610. The molecule has 72 valence electrons. The second-order valence-electron chi connectivity index (χ2n) is 3.56. The van der Waals surface area contributed by atoms with Crippen molar-refractivity contribution >= 4 is 5.97 Å². The van der Waals surface area contributed by atoms with E-state index in [1.807, 2.05) is 13.8 Å². The van der Waals surface area contributed by atoms with Crippen LogP contribution in [0, 0.1) is 5.92 Å². The molecule has 0 aromatic heterocycles. The molecular formula is C8H18N2O2. The highest BCUT2D eigenvalue weighted by Gasteiger charge is 2.17. The number of aliphatic carboxylic acids is 1. The van der Waals surface area contributed by atoms with Crippen LogP contribution in [0.5, 0.6) is 0 Å². The Balaban J connectivity index is 3.76. The fraction of sp³-hybridized carbons (Fsp3) is 0.875. The van der Waals surface area contributed by atoms with E-state index >= 15 is 0 Å². The maximum absolute atomic E-state index is 10.3. The number of carboxylic acids is 1. The maximum Gasteiger partial charge on any atom is 0.304 e. The first kappa shape index (κ1) is 11.4. The van der Waals surface area contributed by atoms with Crippen LogP contribution < -0.4 is 11.5 Å². The van der Waals surface area contributed by atoms with Gasteiger partial charge in [0.1, 0.15) is 0 Å². The SMILES string of the molecule is CC(C)C[C@H](N)[C@@H](N)CC(=O)O. The Morgan fingerprint density at radius 2 is 1.83 bits per heavy atom. The predicted octanol–water partition coefficient (Wildman–Crippen LogP) is 0.162. The van der Waals surface area contributed by atoms with Crippen molar-refractivity contribution in [3.8, 4) is 0 Å². The molecule has 0 fully saturated rings. The zero-order valence-electron chi connectivity index (χ0n) is 7.66. The molecule has 0 heterocycles. The first-order chi connectivity index (χ1) is 5.43. The standard InChI is InChI=1S/C8H18N2O2/c1-5(2)3-6(9)7(10)4-8(11)12/h5-7H,3-4,9-10H2,1-2H3,(H,11,12)/t6-,7-/m0/s1. The number of hydrogen-bond donors (Lipinski definition) is 3. The number of carboxylic acid groups (broad SMARTS) is 1. The first-order valence-electron chi connectivity index (χ1n) is 4.16. The van der Waals surface area contributed by atoms with Crippen molar-refractivity contribution in [1.82, 2.24) is 0 Å². The summed E-state index contributed by atoms with van der Waals surface area (Å²) < 4.78 is 0. The van der Waals surface area contributed by atoms with Gasteiger partial charge in [-0.05, 0) is 12.3 Å². The summed E-state index contributed by atoms with van der Waals surface area (Å²) in [5.41, 5.74) is 11.2. The van der Waals surface area contributed by atoms with Gasteiger partial charge in [-0.1, -0.05) is 13.8 Å². The highest BCUT2D eigenvalue weighted by atomic mass is 16.4. The number of nitrogens with two attached hydrogens (primary N) is 2. The molecular weight excluding hydrogens is 156 g/mol. The lowest BCUT2D eigenvalue weighted by Gasteiger charge is -2.19. The first-order valence-corrected chi connectivity index (χ1v) is 4.16. The zero-order chi connectivity index (χ0) is 9.72. The van der Waals surface area contributed by atoms with Crippen LogP contribution in [0.4, 0.5) is 0 Å². The molecule has 0 amide bonds. The van der Waals surface area contributed by atoms with Crippen LogP contribution in [0.15, 0.2) is 0 Å². The van der Waals surface area contributed by atoms with Crippen LogP contribution in [0.25, 0.3) is 0 Å². The molecule has 0 saturated heterocycles. The molecule has 0 unspecified atom stereocenters. The third-order valence-corrected chi connectivity index (χ3v) is 1.70. The quantitative estimate of drug-likeness (QED) is 0.554. The minimum absolute atomic E-state index is 0.0477. The Bertz CT molecular complexity index is 148. The molecule has 5 N–H and O–H groups in total. The van der Waals surface area contributed by atoms with Crippen molar-refractivity contribution in [3.63, 3.8) is 0 Å². The van der Waals surface area contributed by atoms with E-state index in [-0.39, 0.29) is 12.5 Å². The third kappa shape index (κ3) is 5.09. The monoisotopic (exact) mass is 174 g/mol. The molecule has 0 aliphatic carbocycles. The largest absolute Gasteiger partial charge is 0.481 e. The fourth-order valence-corrected chi connectivity index (χ4v) is 1.07. The summed E-state index contributed by atoms with van der Waals surface area (Å²) in [5, 5.41) is 8.43. The molecule has 0 aliphatic rings. The van der Waals surface area contributed by atoms with Gasteiger partial charge >= 0.3 is 5.97 Å². The summed E-state index contributed by atoms with van der Waals surface area (Å²) in [5.74, 6) is -0.429. The fourth-order valence-electron chi connectivity index (χ4n) is 1.07. The normalized spacial score (nSPS) is 16.1. The van der Waals surface area contributed by atoms with Gasteiger partial charge < -0.3 is 16.6 Å². The van der Waals surface area contributed by atoms with Gasteiger partial charge in [-0.2, -0.15) is 0 Å².